The van der Waals surface area contributed by atoms with Crippen LogP contribution in [0.25, 0.3) is 0 Å². The molecule has 2 rings (SSSR count). The van der Waals surface area contributed by atoms with Crippen molar-refractivity contribution in [3.8, 4) is 0 Å². The van der Waals surface area contributed by atoms with E-state index in [0.717, 1.165) is 6.42 Å². The van der Waals surface area contributed by atoms with Crippen molar-refractivity contribution in [3.63, 3.8) is 0 Å². The molecule has 8 nitrogen and oxygen atoms in total. The van der Waals surface area contributed by atoms with E-state index in [-0.39, 0.29) is 42.0 Å². The Kier molecular flexibility index (Phi) is 7.22. The van der Waals surface area contributed by atoms with Crippen molar-refractivity contribution < 1.29 is 24.5 Å². The molecule has 1 aliphatic heterocycles. The zero-order valence-corrected chi connectivity index (χ0v) is 17.6. The third kappa shape index (κ3) is 4.55. The number of nitrogens with zero attached hydrogens (tertiary/aromatic N) is 1. The Morgan fingerprint density at radius 2 is 2.04 bits per heavy atom. The molecule has 1 heterocycles. The first-order valence-electron chi connectivity index (χ1n) is 10.2. The van der Waals surface area contributed by atoms with Gasteiger partial charge in [0.15, 0.2) is 0 Å². The molecule has 2 amide bonds. The average molecular weight is 398 g/mol. The van der Waals surface area contributed by atoms with Crippen molar-refractivity contribution in [2.24, 2.45) is 23.0 Å². The molecule has 1 aliphatic carbocycles. The second-order valence-corrected chi connectivity index (χ2v) is 9.27. The van der Waals surface area contributed by atoms with Crippen LogP contribution >= 0.6 is 0 Å². The first-order valence-corrected chi connectivity index (χ1v) is 10.2. The minimum Gasteiger partial charge on any atom is -0.349 e. The molecular formula is C20H35N3O5. The van der Waals surface area contributed by atoms with Gasteiger partial charge in [0.05, 0.1) is 12.1 Å². The van der Waals surface area contributed by atoms with Gasteiger partial charge in [-0.3, -0.25) is 19.6 Å². The summed E-state index contributed by atoms with van der Waals surface area (Å²) in [6.07, 6.45) is 1.89. The predicted octanol–water partition coefficient (Wildman–Crippen LogP) is 1.33. The summed E-state index contributed by atoms with van der Waals surface area (Å²) < 4.78 is 0. The fraction of sp³-hybridized carbons (Fsp3) is 0.850. The van der Waals surface area contributed by atoms with E-state index in [1.807, 2.05) is 27.7 Å². The molecule has 2 unspecified atom stereocenters. The van der Waals surface area contributed by atoms with Gasteiger partial charge in [0.25, 0.3) is 0 Å². The standard InChI is InChI=1S/C20H35N3O5/c1-6-7-14(11(2)28-27)22-18(25)16-12-8-9-15(24)13(12)10-23(16)19(26)17(21)20(3,4)5/h11-14,16-17,27H,6-10,21H2,1-5H3,(H,22,25)/t11?,12-,13-,14?,16-,17+/m0/s1. The molecule has 2 fully saturated rings. The lowest BCUT2D eigenvalue weighted by atomic mass is 9.86. The fourth-order valence-electron chi connectivity index (χ4n) is 4.29. The van der Waals surface area contributed by atoms with Crippen molar-refractivity contribution in [3.05, 3.63) is 0 Å². The van der Waals surface area contributed by atoms with Gasteiger partial charge in [-0.1, -0.05) is 34.1 Å². The van der Waals surface area contributed by atoms with Gasteiger partial charge in [-0.25, -0.2) is 4.89 Å². The number of carbonyl (C=O) groups excluding carboxylic acids is 3. The number of ketones is 1. The number of nitrogens with one attached hydrogen (secondary N) is 1. The number of nitrogens with two attached hydrogens (primary N) is 1. The first-order chi connectivity index (χ1) is 13.0. The molecule has 0 aromatic rings. The topological polar surface area (TPSA) is 122 Å². The lowest BCUT2D eigenvalue weighted by Crippen LogP contribution is -2.57. The highest BCUT2D eigenvalue weighted by molar-refractivity contribution is 5.94. The van der Waals surface area contributed by atoms with Gasteiger partial charge in [0, 0.05) is 24.8 Å². The number of amides is 2. The van der Waals surface area contributed by atoms with Crippen LogP contribution in [0.15, 0.2) is 0 Å². The number of rotatable bonds is 7. The van der Waals surface area contributed by atoms with Crippen LogP contribution in [0.2, 0.25) is 0 Å². The van der Waals surface area contributed by atoms with Gasteiger partial charge in [-0.15, -0.1) is 0 Å². The molecule has 1 saturated heterocycles. The van der Waals surface area contributed by atoms with E-state index in [4.69, 9.17) is 11.0 Å². The molecular weight excluding hydrogens is 362 g/mol. The summed E-state index contributed by atoms with van der Waals surface area (Å²) in [4.78, 5) is 44.5. The summed E-state index contributed by atoms with van der Waals surface area (Å²) in [5.41, 5.74) is 5.72. The van der Waals surface area contributed by atoms with Gasteiger partial charge >= 0.3 is 0 Å². The summed E-state index contributed by atoms with van der Waals surface area (Å²) in [5.74, 6) is -0.980. The zero-order valence-electron chi connectivity index (χ0n) is 17.6. The minimum atomic E-state index is -0.761. The lowest BCUT2D eigenvalue weighted by Gasteiger charge is -2.34. The number of likely N-dealkylation sites (tertiary alicyclic amines) is 1. The monoisotopic (exact) mass is 397 g/mol. The summed E-state index contributed by atoms with van der Waals surface area (Å²) >= 11 is 0. The number of fused-ring (bicyclic) bond motifs is 1. The maximum atomic E-state index is 13.2. The molecule has 0 aromatic heterocycles. The van der Waals surface area contributed by atoms with Crippen molar-refractivity contribution in [2.75, 3.05) is 6.54 Å². The van der Waals surface area contributed by atoms with Crippen LogP contribution in [-0.4, -0.2) is 58.5 Å². The van der Waals surface area contributed by atoms with Crippen LogP contribution < -0.4 is 11.1 Å². The van der Waals surface area contributed by atoms with Gasteiger partial charge in [0.2, 0.25) is 11.8 Å². The van der Waals surface area contributed by atoms with Gasteiger partial charge in [0.1, 0.15) is 17.9 Å². The van der Waals surface area contributed by atoms with E-state index in [0.29, 0.717) is 19.3 Å². The highest BCUT2D eigenvalue weighted by atomic mass is 17.1. The molecule has 6 atom stereocenters. The summed E-state index contributed by atoms with van der Waals surface area (Å²) in [6, 6.07) is -1.86. The molecule has 0 aromatic carbocycles. The van der Waals surface area contributed by atoms with Crippen LogP contribution in [0.3, 0.4) is 0 Å². The lowest BCUT2D eigenvalue weighted by molar-refractivity contribution is -0.279. The average Bonchev–Trinajstić information content (AvgIpc) is 3.18. The number of hydrogen-bond donors (Lipinski definition) is 3. The molecule has 28 heavy (non-hydrogen) atoms. The number of Topliss-reactive ketones (excluding diaryl/α,β-unsaturated/α-hetero) is 1. The molecule has 1 saturated carbocycles. The van der Waals surface area contributed by atoms with Gasteiger partial charge < -0.3 is 16.0 Å². The van der Waals surface area contributed by atoms with E-state index in [1.165, 1.54) is 4.90 Å². The third-order valence-electron chi connectivity index (χ3n) is 6.20. The Hall–Kier alpha value is -1.51. The predicted molar refractivity (Wildman–Crippen MR) is 104 cm³/mol. The summed E-state index contributed by atoms with van der Waals surface area (Å²) in [7, 11) is 0. The van der Waals surface area contributed by atoms with Crippen molar-refractivity contribution in [1.82, 2.24) is 10.2 Å². The second kappa shape index (κ2) is 8.88. The molecule has 160 valence electrons. The third-order valence-corrected chi connectivity index (χ3v) is 6.20. The molecule has 8 heteroatoms. The van der Waals surface area contributed by atoms with E-state index >= 15 is 0 Å². The number of carbonyl (C=O) groups is 3. The van der Waals surface area contributed by atoms with Crippen LogP contribution in [0.1, 0.15) is 60.3 Å². The Bertz CT molecular complexity index is 603. The molecule has 2 aliphatic rings. The van der Waals surface area contributed by atoms with Gasteiger partial charge in [-0.2, -0.15) is 0 Å². The second-order valence-electron chi connectivity index (χ2n) is 9.27. The quantitative estimate of drug-likeness (QED) is 0.440. The Labute approximate surface area is 167 Å². The Morgan fingerprint density at radius 3 is 2.57 bits per heavy atom. The van der Waals surface area contributed by atoms with E-state index in [9.17, 15) is 14.4 Å². The smallest absolute Gasteiger partial charge is 0.243 e. The largest absolute Gasteiger partial charge is 0.349 e. The molecule has 0 radical (unpaired) electrons. The highest BCUT2D eigenvalue weighted by Crippen LogP contribution is 2.41. The zero-order chi connectivity index (χ0) is 21.2. The van der Waals surface area contributed by atoms with Gasteiger partial charge in [-0.05, 0) is 25.2 Å². The Morgan fingerprint density at radius 1 is 1.39 bits per heavy atom. The summed E-state index contributed by atoms with van der Waals surface area (Å²) in [5, 5.41) is 12.0. The maximum Gasteiger partial charge on any atom is 0.243 e. The van der Waals surface area contributed by atoms with Crippen molar-refractivity contribution >= 4 is 17.6 Å². The van der Waals surface area contributed by atoms with Crippen LogP contribution in [0, 0.1) is 17.3 Å². The SMILES string of the molecule is CCCC(NC(=O)[C@@H]1[C@H]2CCC(=O)[C@H]2CN1C(=O)[C@@H](N)C(C)(C)C)C(C)OO. The van der Waals surface area contributed by atoms with E-state index < -0.39 is 23.6 Å². The normalized spacial score (nSPS) is 28.0. The maximum absolute atomic E-state index is 13.2. The fourth-order valence-corrected chi connectivity index (χ4v) is 4.29. The first kappa shape index (κ1) is 22.8. The molecule has 0 bridgehead atoms. The molecule has 4 N–H and O–H groups in total. The van der Waals surface area contributed by atoms with Crippen molar-refractivity contribution in [2.45, 2.75) is 84.5 Å². The van der Waals surface area contributed by atoms with Crippen LogP contribution in [-0.2, 0) is 19.3 Å². The van der Waals surface area contributed by atoms with Crippen molar-refractivity contribution in [1.29, 1.82) is 0 Å². The Balaban J connectivity index is 2.26. The molecule has 0 spiro atoms. The minimum absolute atomic E-state index is 0.111. The number of hydrogen-bond acceptors (Lipinski definition) is 6. The summed E-state index contributed by atoms with van der Waals surface area (Å²) in [6.45, 7) is 9.53. The van der Waals surface area contributed by atoms with E-state index in [1.54, 1.807) is 6.92 Å². The van der Waals surface area contributed by atoms with Crippen LogP contribution in [0.4, 0.5) is 0 Å². The van der Waals surface area contributed by atoms with Crippen LogP contribution in [0.5, 0.6) is 0 Å². The van der Waals surface area contributed by atoms with E-state index in [2.05, 4.69) is 10.2 Å². The highest BCUT2D eigenvalue weighted by Gasteiger charge is 2.54.